The molecule has 0 saturated carbocycles. The fourth-order valence-corrected chi connectivity index (χ4v) is 3.86. The largest absolute Gasteiger partial charge is 0.368 e. The second kappa shape index (κ2) is 7.19. The summed E-state index contributed by atoms with van der Waals surface area (Å²) in [4.78, 5) is 21.4. The Morgan fingerprint density at radius 1 is 1.19 bits per heavy atom. The number of carbonyl (C=O) groups is 1. The Morgan fingerprint density at radius 2 is 2.08 bits per heavy atom. The first-order chi connectivity index (χ1) is 12.6. The topological polar surface area (TPSA) is 45.7 Å². The number of carbonyl (C=O) groups excluding carboxylic acids is 1. The summed E-state index contributed by atoms with van der Waals surface area (Å²) in [6.45, 7) is 5.69. The fourth-order valence-electron chi connectivity index (χ4n) is 3.86. The van der Waals surface area contributed by atoms with Crippen LogP contribution in [0.4, 0.5) is 10.2 Å². The van der Waals surface area contributed by atoms with Crippen molar-refractivity contribution in [1.82, 2.24) is 9.88 Å². The monoisotopic (exact) mass is 357 g/mol. The normalized spacial score (nSPS) is 21.2. The predicted octanol–water partition coefficient (Wildman–Crippen LogP) is 2.90. The van der Waals surface area contributed by atoms with E-state index in [-0.39, 0.29) is 17.8 Å². The van der Waals surface area contributed by atoms with Gasteiger partial charge < -0.3 is 14.5 Å². The fraction of sp³-hybridized carbons (Fsp3) is 0.500. The Bertz CT molecular complexity index is 820. The SMILES string of the molecule is Cc1cc(N2CCCN(C(=O)[C@@H]3CCCO3)CC2)nc2cc(F)ccc12. The third-order valence-corrected chi connectivity index (χ3v) is 5.30. The molecule has 2 aliphatic rings. The van der Waals surface area contributed by atoms with Gasteiger partial charge in [0.25, 0.3) is 5.91 Å². The van der Waals surface area contributed by atoms with E-state index in [0.29, 0.717) is 18.7 Å². The highest BCUT2D eigenvalue weighted by Crippen LogP contribution is 2.24. The van der Waals surface area contributed by atoms with Crippen LogP contribution in [-0.4, -0.2) is 54.7 Å². The van der Waals surface area contributed by atoms with Crippen LogP contribution in [-0.2, 0) is 9.53 Å². The quantitative estimate of drug-likeness (QED) is 0.829. The van der Waals surface area contributed by atoms with Gasteiger partial charge in [0.2, 0.25) is 0 Å². The standard InChI is InChI=1S/C20H24FN3O2/c1-14-12-19(22-17-13-15(21)5-6-16(14)17)23-7-3-8-24(10-9-23)20(25)18-4-2-11-26-18/h5-6,12-13,18H,2-4,7-11H2,1H3/t18-/m0/s1. The molecule has 0 N–H and O–H groups in total. The molecule has 2 aromatic rings. The van der Waals surface area contributed by atoms with Gasteiger partial charge in [-0.1, -0.05) is 0 Å². The van der Waals surface area contributed by atoms with Gasteiger partial charge in [-0.25, -0.2) is 9.37 Å². The van der Waals surface area contributed by atoms with Crippen molar-refractivity contribution in [2.45, 2.75) is 32.3 Å². The number of amides is 1. The maximum Gasteiger partial charge on any atom is 0.251 e. The lowest BCUT2D eigenvalue weighted by atomic mass is 10.1. The highest BCUT2D eigenvalue weighted by Gasteiger charge is 2.29. The Hall–Kier alpha value is -2.21. The Kier molecular flexibility index (Phi) is 4.76. The zero-order valence-electron chi connectivity index (χ0n) is 15.1. The van der Waals surface area contributed by atoms with Crippen LogP contribution in [0.2, 0.25) is 0 Å². The summed E-state index contributed by atoms with van der Waals surface area (Å²) in [5, 5.41) is 0.972. The van der Waals surface area contributed by atoms with Gasteiger partial charge >= 0.3 is 0 Å². The minimum atomic E-state index is -0.272. The van der Waals surface area contributed by atoms with E-state index in [9.17, 15) is 9.18 Å². The van der Waals surface area contributed by atoms with E-state index in [1.165, 1.54) is 12.1 Å². The second-order valence-corrected chi connectivity index (χ2v) is 7.13. The molecular weight excluding hydrogens is 333 g/mol. The van der Waals surface area contributed by atoms with Crippen LogP contribution in [0.1, 0.15) is 24.8 Å². The van der Waals surface area contributed by atoms with Crippen molar-refractivity contribution < 1.29 is 13.9 Å². The number of ether oxygens (including phenoxy) is 1. The van der Waals surface area contributed by atoms with Gasteiger partial charge in [-0.15, -0.1) is 0 Å². The Labute approximate surface area is 152 Å². The zero-order chi connectivity index (χ0) is 18.1. The van der Waals surface area contributed by atoms with Crippen LogP contribution in [0, 0.1) is 12.7 Å². The molecule has 0 spiro atoms. The van der Waals surface area contributed by atoms with Gasteiger partial charge in [-0.2, -0.15) is 0 Å². The Morgan fingerprint density at radius 3 is 2.88 bits per heavy atom. The summed E-state index contributed by atoms with van der Waals surface area (Å²) >= 11 is 0. The first-order valence-electron chi connectivity index (χ1n) is 9.34. The van der Waals surface area contributed by atoms with Crippen LogP contribution in [0.5, 0.6) is 0 Å². The number of rotatable bonds is 2. The van der Waals surface area contributed by atoms with Gasteiger partial charge in [-0.3, -0.25) is 4.79 Å². The van der Waals surface area contributed by atoms with Crippen molar-refractivity contribution in [3.8, 4) is 0 Å². The molecule has 26 heavy (non-hydrogen) atoms. The zero-order valence-corrected chi connectivity index (χ0v) is 15.1. The number of halogens is 1. The van der Waals surface area contributed by atoms with E-state index < -0.39 is 0 Å². The van der Waals surface area contributed by atoms with Crippen molar-refractivity contribution in [2.24, 2.45) is 0 Å². The van der Waals surface area contributed by atoms with E-state index in [0.717, 1.165) is 55.7 Å². The maximum atomic E-state index is 13.6. The first-order valence-corrected chi connectivity index (χ1v) is 9.34. The van der Waals surface area contributed by atoms with E-state index in [4.69, 9.17) is 4.74 Å². The molecule has 1 atom stereocenters. The van der Waals surface area contributed by atoms with Gasteiger partial charge in [-0.05, 0) is 49.9 Å². The highest BCUT2D eigenvalue weighted by atomic mass is 19.1. The molecule has 0 aliphatic carbocycles. The molecule has 4 rings (SSSR count). The maximum absolute atomic E-state index is 13.6. The van der Waals surface area contributed by atoms with Crippen molar-refractivity contribution in [3.63, 3.8) is 0 Å². The smallest absolute Gasteiger partial charge is 0.251 e. The van der Waals surface area contributed by atoms with E-state index in [2.05, 4.69) is 16.0 Å². The van der Waals surface area contributed by atoms with Gasteiger partial charge in [0.1, 0.15) is 17.7 Å². The summed E-state index contributed by atoms with van der Waals surface area (Å²) in [5.74, 6) is 0.701. The van der Waals surface area contributed by atoms with Crippen LogP contribution < -0.4 is 4.90 Å². The number of fused-ring (bicyclic) bond motifs is 1. The third-order valence-electron chi connectivity index (χ3n) is 5.30. The van der Waals surface area contributed by atoms with Crippen LogP contribution in [0.15, 0.2) is 24.3 Å². The van der Waals surface area contributed by atoms with Gasteiger partial charge in [0.05, 0.1) is 5.52 Å². The number of nitrogens with zero attached hydrogens (tertiary/aromatic N) is 3. The lowest BCUT2D eigenvalue weighted by molar-refractivity contribution is -0.140. The molecule has 0 radical (unpaired) electrons. The number of anilines is 1. The Balaban J connectivity index is 1.52. The summed E-state index contributed by atoms with van der Waals surface area (Å²) in [6, 6.07) is 6.78. The molecule has 2 fully saturated rings. The van der Waals surface area contributed by atoms with Gasteiger partial charge in [0, 0.05) is 44.2 Å². The van der Waals surface area contributed by atoms with Crippen LogP contribution in [0.25, 0.3) is 10.9 Å². The molecule has 1 aromatic carbocycles. The summed E-state index contributed by atoms with van der Waals surface area (Å²) in [7, 11) is 0. The van der Waals surface area contributed by atoms with Crippen LogP contribution in [0.3, 0.4) is 0 Å². The predicted molar refractivity (Wildman–Crippen MR) is 98.8 cm³/mol. The second-order valence-electron chi connectivity index (χ2n) is 7.13. The summed E-state index contributed by atoms with van der Waals surface area (Å²) < 4.78 is 19.1. The third kappa shape index (κ3) is 3.38. The number of benzene rings is 1. The van der Waals surface area contributed by atoms with Crippen molar-refractivity contribution >= 4 is 22.6 Å². The lowest BCUT2D eigenvalue weighted by Gasteiger charge is -2.25. The number of pyridine rings is 1. The molecule has 2 saturated heterocycles. The summed E-state index contributed by atoms with van der Waals surface area (Å²) in [6.07, 6.45) is 2.43. The van der Waals surface area contributed by atoms with Gasteiger partial charge in [0.15, 0.2) is 0 Å². The lowest BCUT2D eigenvalue weighted by Crippen LogP contribution is -2.41. The average molecular weight is 357 g/mol. The molecule has 3 heterocycles. The van der Waals surface area contributed by atoms with Crippen molar-refractivity contribution in [2.75, 3.05) is 37.7 Å². The van der Waals surface area contributed by atoms with Crippen molar-refractivity contribution in [1.29, 1.82) is 0 Å². The molecule has 6 heteroatoms. The number of aryl methyl sites for hydroxylation is 1. The molecule has 0 unspecified atom stereocenters. The summed E-state index contributed by atoms with van der Waals surface area (Å²) in [5.41, 5.74) is 1.76. The number of aromatic nitrogens is 1. The molecule has 1 amide bonds. The minimum absolute atomic E-state index is 0.120. The molecule has 2 aliphatic heterocycles. The molecule has 1 aromatic heterocycles. The molecule has 5 nitrogen and oxygen atoms in total. The van der Waals surface area contributed by atoms with E-state index in [1.54, 1.807) is 6.07 Å². The minimum Gasteiger partial charge on any atom is -0.368 e. The van der Waals surface area contributed by atoms with Crippen LogP contribution >= 0.6 is 0 Å². The number of hydrogen-bond acceptors (Lipinski definition) is 4. The van der Waals surface area contributed by atoms with E-state index in [1.807, 2.05) is 11.8 Å². The molecule has 0 bridgehead atoms. The molecule has 138 valence electrons. The number of hydrogen-bond donors (Lipinski definition) is 0. The first kappa shape index (κ1) is 17.2. The molecular formula is C20H24FN3O2. The highest BCUT2D eigenvalue weighted by molar-refractivity contribution is 5.84. The van der Waals surface area contributed by atoms with E-state index >= 15 is 0 Å². The average Bonchev–Trinajstić information content (AvgIpc) is 3.05. The van der Waals surface area contributed by atoms with Crippen molar-refractivity contribution in [3.05, 3.63) is 35.6 Å².